The number of aryl methyl sites for hydroxylation is 1. The Bertz CT molecular complexity index is 1310. The van der Waals surface area contributed by atoms with Gasteiger partial charge in [-0.1, -0.05) is 29.8 Å². The molecule has 9 heteroatoms. The topological polar surface area (TPSA) is 71.6 Å². The van der Waals surface area contributed by atoms with Gasteiger partial charge in [-0.05, 0) is 37.3 Å². The number of amides is 1. The second-order valence-corrected chi connectivity index (χ2v) is 10.1. The number of carbonyl (C=O) groups is 1. The summed E-state index contributed by atoms with van der Waals surface area (Å²) in [5.41, 5.74) is 4.08. The molecule has 37 heavy (non-hydrogen) atoms. The van der Waals surface area contributed by atoms with Crippen LogP contribution >= 0.6 is 11.6 Å². The van der Waals surface area contributed by atoms with Crippen LogP contribution in [0.15, 0.2) is 48.5 Å². The second-order valence-electron chi connectivity index (χ2n) is 9.71. The summed E-state index contributed by atoms with van der Waals surface area (Å²) in [5.74, 6) is 0.931. The second kappa shape index (κ2) is 10.8. The van der Waals surface area contributed by atoms with Gasteiger partial charge in [0.1, 0.15) is 23.3 Å². The van der Waals surface area contributed by atoms with Crippen molar-refractivity contribution in [1.29, 1.82) is 5.26 Å². The average Bonchev–Trinajstić information content (AvgIpc) is 3.23. The Morgan fingerprint density at radius 3 is 2.35 bits per heavy atom. The quantitative estimate of drug-likeness (QED) is 0.515. The number of aromatic nitrogens is 2. The summed E-state index contributed by atoms with van der Waals surface area (Å²) in [4.78, 5) is 26.8. The summed E-state index contributed by atoms with van der Waals surface area (Å²) >= 11 is 6.39. The smallest absolute Gasteiger partial charge is 0.270 e. The molecule has 0 N–H and O–H groups in total. The SMILES string of the molecule is Cc1cccc(N2CCN(C(=O)c3cc(CN4CCN(c5ccccc5Cl)CC4)c(C#N)n3C)CC2)n1. The van der Waals surface area contributed by atoms with Gasteiger partial charge in [0, 0.05) is 77.2 Å². The Labute approximate surface area is 223 Å². The van der Waals surface area contributed by atoms with Gasteiger partial charge in [-0.3, -0.25) is 9.69 Å². The lowest BCUT2D eigenvalue weighted by molar-refractivity contribution is 0.0736. The predicted octanol–water partition coefficient (Wildman–Crippen LogP) is 3.54. The van der Waals surface area contributed by atoms with Gasteiger partial charge in [-0.25, -0.2) is 4.98 Å². The van der Waals surface area contributed by atoms with Crippen molar-refractivity contribution in [2.24, 2.45) is 7.05 Å². The van der Waals surface area contributed by atoms with Crippen molar-refractivity contribution in [1.82, 2.24) is 19.4 Å². The van der Waals surface area contributed by atoms with Crippen LogP contribution in [0.2, 0.25) is 5.02 Å². The zero-order valence-corrected chi connectivity index (χ0v) is 22.2. The number of hydrogen-bond acceptors (Lipinski definition) is 6. The molecule has 2 saturated heterocycles. The van der Waals surface area contributed by atoms with Gasteiger partial charge in [-0.15, -0.1) is 0 Å². The molecule has 2 aliphatic rings. The third kappa shape index (κ3) is 5.29. The van der Waals surface area contributed by atoms with Gasteiger partial charge in [0.2, 0.25) is 0 Å². The highest BCUT2D eigenvalue weighted by Crippen LogP contribution is 2.27. The summed E-state index contributed by atoms with van der Waals surface area (Å²) in [7, 11) is 1.82. The van der Waals surface area contributed by atoms with Gasteiger partial charge in [0.15, 0.2) is 0 Å². The first-order chi connectivity index (χ1) is 17.9. The van der Waals surface area contributed by atoms with Crippen molar-refractivity contribution in [3.63, 3.8) is 0 Å². The van der Waals surface area contributed by atoms with E-state index in [0.717, 1.165) is 67.1 Å². The minimum absolute atomic E-state index is 0.0226. The van der Waals surface area contributed by atoms with Crippen LogP contribution in [0.5, 0.6) is 0 Å². The van der Waals surface area contributed by atoms with Crippen molar-refractivity contribution in [2.45, 2.75) is 13.5 Å². The maximum Gasteiger partial charge on any atom is 0.270 e. The molecule has 5 rings (SSSR count). The van der Waals surface area contributed by atoms with Gasteiger partial charge in [0.05, 0.1) is 10.7 Å². The third-order valence-electron chi connectivity index (χ3n) is 7.36. The predicted molar refractivity (Wildman–Crippen MR) is 146 cm³/mol. The minimum Gasteiger partial charge on any atom is -0.368 e. The van der Waals surface area contributed by atoms with E-state index in [1.54, 1.807) is 4.57 Å². The standard InChI is InChI=1S/C28H32ClN7O/c1-21-6-5-9-27(31-21)35-14-16-36(17-15-35)28(37)25-18-22(26(19-30)32(25)2)20-33-10-12-34(13-11-33)24-8-4-3-7-23(24)29/h3-9,18H,10-17,20H2,1-2H3. The summed E-state index contributed by atoms with van der Waals surface area (Å²) in [5, 5.41) is 10.7. The molecule has 0 radical (unpaired) electrons. The highest BCUT2D eigenvalue weighted by molar-refractivity contribution is 6.33. The Kier molecular flexibility index (Phi) is 7.36. The largest absolute Gasteiger partial charge is 0.368 e. The number of nitrogens with zero attached hydrogens (tertiary/aromatic N) is 7. The molecule has 192 valence electrons. The number of halogens is 1. The number of rotatable bonds is 5. The number of piperazine rings is 2. The van der Waals surface area contributed by atoms with Crippen molar-refractivity contribution < 1.29 is 4.79 Å². The molecule has 0 unspecified atom stereocenters. The number of pyridine rings is 1. The van der Waals surface area contributed by atoms with E-state index in [2.05, 4.69) is 31.8 Å². The first kappa shape index (κ1) is 25.1. The number of hydrogen-bond donors (Lipinski definition) is 0. The Hall–Kier alpha value is -3.54. The molecule has 1 amide bonds. The fourth-order valence-electron chi connectivity index (χ4n) is 5.24. The monoisotopic (exact) mass is 517 g/mol. The van der Waals surface area contributed by atoms with Crippen molar-refractivity contribution >= 4 is 29.0 Å². The summed E-state index contributed by atoms with van der Waals surface area (Å²) in [6.07, 6.45) is 0. The first-order valence-electron chi connectivity index (χ1n) is 12.7. The number of anilines is 2. The number of para-hydroxylation sites is 1. The van der Waals surface area contributed by atoms with E-state index in [4.69, 9.17) is 11.6 Å². The van der Waals surface area contributed by atoms with Gasteiger partial charge in [0.25, 0.3) is 5.91 Å². The molecule has 8 nitrogen and oxygen atoms in total. The van der Waals surface area contributed by atoms with E-state index < -0.39 is 0 Å². The molecular weight excluding hydrogens is 486 g/mol. The molecular formula is C28H32ClN7O. The maximum atomic E-state index is 13.5. The molecule has 2 fully saturated rings. The highest BCUT2D eigenvalue weighted by atomic mass is 35.5. The molecule has 1 aromatic carbocycles. The van der Waals surface area contributed by atoms with Crippen LogP contribution in [-0.2, 0) is 13.6 Å². The molecule has 3 aromatic rings. The van der Waals surface area contributed by atoms with E-state index in [0.29, 0.717) is 31.0 Å². The zero-order valence-electron chi connectivity index (χ0n) is 21.4. The minimum atomic E-state index is -0.0226. The summed E-state index contributed by atoms with van der Waals surface area (Å²) in [6, 6.07) is 18.2. The average molecular weight is 518 g/mol. The van der Waals surface area contributed by atoms with Gasteiger partial charge >= 0.3 is 0 Å². The number of benzene rings is 1. The Balaban J connectivity index is 1.22. The fourth-order valence-corrected chi connectivity index (χ4v) is 5.50. The van der Waals surface area contributed by atoms with Crippen LogP contribution in [0, 0.1) is 18.3 Å². The van der Waals surface area contributed by atoms with Crippen LogP contribution in [0.3, 0.4) is 0 Å². The highest BCUT2D eigenvalue weighted by Gasteiger charge is 2.27. The van der Waals surface area contributed by atoms with Crippen LogP contribution in [0.1, 0.15) is 27.4 Å². The van der Waals surface area contributed by atoms with Crippen LogP contribution in [0.25, 0.3) is 0 Å². The summed E-state index contributed by atoms with van der Waals surface area (Å²) in [6.45, 7) is 8.82. The summed E-state index contributed by atoms with van der Waals surface area (Å²) < 4.78 is 1.76. The number of carbonyl (C=O) groups excluding carboxylic acids is 1. The van der Waals surface area contributed by atoms with E-state index in [9.17, 15) is 10.1 Å². The van der Waals surface area contributed by atoms with E-state index in [1.165, 1.54) is 0 Å². The van der Waals surface area contributed by atoms with Gasteiger partial charge in [-0.2, -0.15) is 5.26 Å². The Morgan fingerprint density at radius 1 is 0.973 bits per heavy atom. The van der Waals surface area contributed by atoms with Crippen LogP contribution < -0.4 is 9.80 Å². The molecule has 0 bridgehead atoms. The zero-order chi connectivity index (χ0) is 25.9. The third-order valence-corrected chi connectivity index (χ3v) is 7.68. The van der Waals surface area contributed by atoms with E-state index >= 15 is 0 Å². The lowest BCUT2D eigenvalue weighted by Crippen LogP contribution is -2.49. The van der Waals surface area contributed by atoms with Crippen LogP contribution in [-0.4, -0.2) is 77.6 Å². The fraction of sp³-hybridized carbons (Fsp3) is 0.393. The molecule has 2 aliphatic heterocycles. The lowest BCUT2D eigenvalue weighted by atomic mass is 10.2. The van der Waals surface area contributed by atoms with Crippen molar-refractivity contribution in [3.8, 4) is 6.07 Å². The van der Waals surface area contributed by atoms with Crippen LogP contribution in [0.4, 0.5) is 11.5 Å². The molecule has 0 atom stereocenters. The van der Waals surface area contributed by atoms with Gasteiger partial charge < -0.3 is 19.3 Å². The first-order valence-corrected chi connectivity index (χ1v) is 13.1. The molecule has 0 spiro atoms. The lowest BCUT2D eigenvalue weighted by Gasteiger charge is -2.36. The maximum absolute atomic E-state index is 13.5. The van der Waals surface area contributed by atoms with E-state index in [1.807, 2.05) is 61.3 Å². The molecule has 2 aromatic heterocycles. The Morgan fingerprint density at radius 2 is 1.68 bits per heavy atom. The molecule has 4 heterocycles. The molecule has 0 saturated carbocycles. The normalized spacial score (nSPS) is 16.6. The number of nitriles is 1. The molecule has 0 aliphatic carbocycles. The van der Waals surface area contributed by atoms with Crippen molar-refractivity contribution in [3.05, 3.63) is 76.2 Å². The van der Waals surface area contributed by atoms with E-state index in [-0.39, 0.29) is 5.91 Å². The van der Waals surface area contributed by atoms with Crippen molar-refractivity contribution in [2.75, 3.05) is 62.2 Å².